The Morgan fingerprint density at radius 1 is 1.03 bits per heavy atom. The molecule has 0 bridgehead atoms. The lowest BCUT2D eigenvalue weighted by Crippen LogP contribution is -2.35. The minimum atomic E-state index is -0.273. The van der Waals surface area contributed by atoms with Gasteiger partial charge in [-0.05, 0) is 54.1 Å². The zero-order valence-corrected chi connectivity index (χ0v) is 18.7. The van der Waals surface area contributed by atoms with Crippen molar-refractivity contribution >= 4 is 40.3 Å². The Bertz CT molecular complexity index is 1110. The summed E-state index contributed by atoms with van der Waals surface area (Å²) in [5.41, 5.74) is 2.83. The molecule has 0 N–H and O–H groups in total. The molecule has 1 aliphatic heterocycles. The number of pyridine rings is 1. The number of aromatic nitrogens is 1. The smallest absolute Gasteiger partial charge is 0.278 e. The van der Waals surface area contributed by atoms with Gasteiger partial charge in [-0.2, -0.15) is 0 Å². The second kappa shape index (κ2) is 9.45. The van der Waals surface area contributed by atoms with E-state index in [4.69, 9.17) is 11.6 Å². The summed E-state index contributed by atoms with van der Waals surface area (Å²) >= 11 is 7.77. The van der Waals surface area contributed by atoms with Gasteiger partial charge in [0.25, 0.3) is 11.8 Å². The Labute approximate surface area is 190 Å². The summed E-state index contributed by atoms with van der Waals surface area (Å²) < 4.78 is 0. The highest BCUT2D eigenvalue weighted by Gasteiger charge is 2.41. The van der Waals surface area contributed by atoms with Gasteiger partial charge in [0, 0.05) is 35.4 Å². The second-order valence-electron chi connectivity index (χ2n) is 7.17. The molecule has 1 aliphatic rings. The first-order valence-electron chi connectivity index (χ1n) is 10.1. The molecule has 5 nitrogen and oxygen atoms in total. The monoisotopic (exact) mass is 451 g/mol. The Morgan fingerprint density at radius 2 is 1.81 bits per heavy atom. The van der Waals surface area contributed by atoms with Crippen LogP contribution in [0.25, 0.3) is 5.57 Å². The van der Waals surface area contributed by atoms with Crippen molar-refractivity contribution in [2.45, 2.75) is 19.9 Å². The topological polar surface area (TPSA) is 53.5 Å². The molecule has 158 valence electrons. The zero-order chi connectivity index (χ0) is 21.8. The number of carbonyl (C=O) groups is 2. The molecule has 0 fully saturated rings. The van der Waals surface area contributed by atoms with E-state index in [1.54, 1.807) is 18.5 Å². The third kappa shape index (κ3) is 4.40. The van der Waals surface area contributed by atoms with E-state index in [0.29, 0.717) is 29.4 Å². The highest BCUT2D eigenvalue weighted by molar-refractivity contribution is 7.11. The van der Waals surface area contributed by atoms with E-state index < -0.39 is 0 Å². The predicted octanol–water partition coefficient (Wildman–Crippen LogP) is 4.64. The van der Waals surface area contributed by atoms with Crippen molar-refractivity contribution in [1.82, 2.24) is 14.8 Å². The average Bonchev–Trinajstić information content (AvgIpc) is 3.39. The minimum absolute atomic E-state index is 0.150. The molecular formula is C24H22ClN3O2S. The van der Waals surface area contributed by atoms with E-state index in [9.17, 15) is 9.59 Å². The fourth-order valence-corrected chi connectivity index (χ4v) is 4.64. The van der Waals surface area contributed by atoms with E-state index in [2.05, 4.69) is 4.98 Å². The van der Waals surface area contributed by atoms with E-state index in [-0.39, 0.29) is 18.4 Å². The van der Waals surface area contributed by atoms with Crippen LogP contribution in [0.3, 0.4) is 0 Å². The predicted molar refractivity (Wildman–Crippen MR) is 123 cm³/mol. The molecule has 0 aliphatic carbocycles. The number of hydrogen-bond acceptors (Lipinski definition) is 5. The molecule has 31 heavy (non-hydrogen) atoms. The van der Waals surface area contributed by atoms with Crippen molar-refractivity contribution in [3.8, 4) is 0 Å². The molecule has 0 unspecified atom stereocenters. The van der Waals surface area contributed by atoms with Crippen molar-refractivity contribution < 1.29 is 9.59 Å². The minimum Gasteiger partial charge on any atom is -0.366 e. The lowest BCUT2D eigenvalue weighted by atomic mass is 10.1. The van der Waals surface area contributed by atoms with Crippen LogP contribution in [0.15, 0.2) is 72.0 Å². The Balaban J connectivity index is 1.66. The third-order valence-corrected chi connectivity index (χ3v) is 6.57. The van der Waals surface area contributed by atoms with Crippen LogP contribution >= 0.6 is 22.9 Å². The molecule has 0 radical (unpaired) electrons. The molecule has 2 aromatic heterocycles. The van der Waals surface area contributed by atoms with Gasteiger partial charge < -0.3 is 4.90 Å². The summed E-state index contributed by atoms with van der Waals surface area (Å²) in [6, 6.07) is 15.0. The van der Waals surface area contributed by atoms with Crippen LogP contribution in [-0.4, -0.2) is 39.7 Å². The average molecular weight is 452 g/mol. The maximum atomic E-state index is 13.5. The molecule has 0 saturated heterocycles. The van der Waals surface area contributed by atoms with Crippen molar-refractivity contribution in [2.75, 3.05) is 13.1 Å². The number of halogens is 1. The van der Waals surface area contributed by atoms with Gasteiger partial charge in [-0.15, -0.1) is 11.3 Å². The third-order valence-electron chi connectivity index (χ3n) is 5.32. The maximum absolute atomic E-state index is 13.5. The van der Waals surface area contributed by atoms with Crippen LogP contribution in [0.2, 0.25) is 5.02 Å². The number of hydrogen-bond donors (Lipinski definition) is 0. The number of amides is 2. The first-order chi connectivity index (χ1) is 15.1. The molecule has 3 aromatic rings. The number of likely N-dealkylation sites (N-methyl/N-ethyl adjacent to an activating group) is 1. The van der Waals surface area contributed by atoms with Crippen LogP contribution in [0.4, 0.5) is 0 Å². The van der Waals surface area contributed by atoms with E-state index in [1.165, 1.54) is 16.2 Å². The zero-order valence-electron chi connectivity index (χ0n) is 17.1. The normalized spacial score (nSPS) is 13.9. The van der Waals surface area contributed by atoms with Gasteiger partial charge in [-0.3, -0.25) is 19.5 Å². The lowest BCUT2D eigenvalue weighted by molar-refractivity contribution is -0.138. The number of carbonyl (C=O) groups excluding carboxylic acids is 2. The Hall–Kier alpha value is -2.96. The fraction of sp³-hybridized carbons (Fsp3) is 0.208. The highest BCUT2D eigenvalue weighted by Crippen LogP contribution is 2.35. The van der Waals surface area contributed by atoms with Gasteiger partial charge in [-0.1, -0.05) is 35.9 Å². The lowest BCUT2D eigenvalue weighted by Gasteiger charge is -2.25. The van der Waals surface area contributed by atoms with Gasteiger partial charge in [0.05, 0.1) is 12.1 Å². The fourth-order valence-electron chi connectivity index (χ4n) is 3.68. The van der Waals surface area contributed by atoms with Crippen molar-refractivity contribution in [3.63, 3.8) is 0 Å². The number of nitrogens with zero attached hydrogens (tertiary/aromatic N) is 3. The molecule has 0 atom stereocenters. The second-order valence-corrected chi connectivity index (χ2v) is 8.53. The van der Waals surface area contributed by atoms with Gasteiger partial charge in [0.1, 0.15) is 5.70 Å². The molecule has 0 spiro atoms. The van der Waals surface area contributed by atoms with Gasteiger partial charge >= 0.3 is 0 Å². The highest BCUT2D eigenvalue weighted by atomic mass is 35.5. The summed E-state index contributed by atoms with van der Waals surface area (Å²) in [4.78, 5) is 35.1. The van der Waals surface area contributed by atoms with E-state index in [1.807, 2.05) is 59.7 Å². The first-order valence-corrected chi connectivity index (χ1v) is 11.4. The summed E-state index contributed by atoms with van der Waals surface area (Å²) in [6.45, 7) is 3.40. The molecule has 3 heterocycles. The van der Waals surface area contributed by atoms with E-state index >= 15 is 0 Å². The molecule has 2 amide bonds. The molecule has 1 aromatic carbocycles. The van der Waals surface area contributed by atoms with E-state index in [0.717, 1.165) is 22.4 Å². The van der Waals surface area contributed by atoms with Crippen LogP contribution in [0, 0.1) is 0 Å². The summed E-state index contributed by atoms with van der Waals surface area (Å²) in [5, 5.41) is 2.46. The standard InChI is InChI=1S/C24H22ClN3O2S/c1-2-27(14-11-17-9-12-26-13-10-17)22-21(20-8-5-15-31-20)23(29)28(24(22)30)16-18-6-3-4-7-19(18)25/h3-10,12-13,15H,2,11,14,16H2,1H3. The first kappa shape index (κ1) is 21.3. The SMILES string of the molecule is CCN(CCc1ccncc1)C1=C(c2cccs2)C(=O)N(Cc2ccccc2Cl)C1=O. The molecule has 7 heteroatoms. The van der Waals surface area contributed by atoms with Crippen LogP contribution in [-0.2, 0) is 22.6 Å². The number of thiophene rings is 1. The Morgan fingerprint density at radius 3 is 2.48 bits per heavy atom. The number of benzene rings is 1. The maximum Gasteiger partial charge on any atom is 0.278 e. The van der Waals surface area contributed by atoms with Gasteiger partial charge in [0.2, 0.25) is 0 Å². The molecular weight excluding hydrogens is 430 g/mol. The number of imide groups is 1. The van der Waals surface area contributed by atoms with Crippen LogP contribution in [0.5, 0.6) is 0 Å². The van der Waals surface area contributed by atoms with Crippen molar-refractivity contribution in [1.29, 1.82) is 0 Å². The summed E-state index contributed by atoms with van der Waals surface area (Å²) in [6.07, 6.45) is 4.28. The summed E-state index contributed by atoms with van der Waals surface area (Å²) in [7, 11) is 0. The van der Waals surface area contributed by atoms with Crippen LogP contribution < -0.4 is 0 Å². The Kier molecular flexibility index (Phi) is 6.49. The van der Waals surface area contributed by atoms with Crippen LogP contribution in [0.1, 0.15) is 22.9 Å². The molecule has 4 rings (SSSR count). The van der Waals surface area contributed by atoms with Gasteiger partial charge in [-0.25, -0.2) is 0 Å². The van der Waals surface area contributed by atoms with Gasteiger partial charge in [0.15, 0.2) is 0 Å². The summed E-state index contributed by atoms with van der Waals surface area (Å²) in [5.74, 6) is -0.547. The van der Waals surface area contributed by atoms with Crippen molar-refractivity contribution in [3.05, 3.63) is 93.0 Å². The van der Waals surface area contributed by atoms with Crippen molar-refractivity contribution in [2.24, 2.45) is 0 Å². The quantitative estimate of drug-likeness (QED) is 0.468. The number of rotatable bonds is 8. The molecule has 0 saturated carbocycles. The largest absolute Gasteiger partial charge is 0.366 e.